The number of benzene rings is 2. The van der Waals surface area contributed by atoms with Gasteiger partial charge >= 0.3 is 0 Å². The van der Waals surface area contributed by atoms with Gasteiger partial charge in [-0.2, -0.15) is 0 Å². The first-order valence-electron chi connectivity index (χ1n) is 11.5. The molecule has 0 aliphatic heterocycles. The van der Waals surface area contributed by atoms with Gasteiger partial charge in [0.1, 0.15) is 18.1 Å². The van der Waals surface area contributed by atoms with Crippen LogP contribution in [0, 0.1) is 5.92 Å². The van der Waals surface area contributed by atoms with Crippen LogP contribution in [0.5, 0.6) is 0 Å². The van der Waals surface area contributed by atoms with Crippen molar-refractivity contribution in [1.29, 1.82) is 0 Å². The van der Waals surface area contributed by atoms with Gasteiger partial charge in [-0.15, -0.1) is 5.10 Å². The Morgan fingerprint density at radius 2 is 1.74 bits per heavy atom. The topological polar surface area (TPSA) is 93.0 Å². The van der Waals surface area contributed by atoms with E-state index in [4.69, 9.17) is 11.6 Å². The third-order valence-electron chi connectivity index (χ3n) is 5.63. The molecule has 0 bridgehead atoms. The first-order valence-corrected chi connectivity index (χ1v) is 11.9. The molecule has 1 N–H and O–H groups in total. The van der Waals surface area contributed by atoms with Crippen molar-refractivity contribution in [2.75, 3.05) is 11.4 Å². The third kappa shape index (κ3) is 5.84. The lowest BCUT2D eigenvalue weighted by Crippen LogP contribution is -2.45. The predicted octanol–water partition coefficient (Wildman–Crippen LogP) is 4.42. The van der Waals surface area contributed by atoms with E-state index in [2.05, 4.69) is 34.5 Å². The van der Waals surface area contributed by atoms with E-state index in [-0.39, 0.29) is 18.4 Å². The molecule has 8 nitrogen and oxygen atoms in total. The highest BCUT2D eigenvalue weighted by atomic mass is 35.5. The van der Waals surface area contributed by atoms with Crippen LogP contribution >= 0.6 is 11.6 Å². The number of carbonyl (C=O) groups is 2. The Morgan fingerprint density at radius 3 is 2.46 bits per heavy atom. The van der Waals surface area contributed by atoms with Gasteiger partial charge in [0.2, 0.25) is 11.8 Å². The molecule has 4 aromatic rings. The lowest BCUT2D eigenvalue weighted by molar-refractivity contribution is -0.127. The molecule has 0 saturated carbocycles. The number of anilines is 1. The van der Waals surface area contributed by atoms with Gasteiger partial charge in [0, 0.05) is 29.6 Å². The van der Waals surface area contributed by atoms with Crippen molar-refractivity contribution in [2.24, 2.45) is 5.92 Å². The van der Waals surface area contributed by atoms with Crippen molar-refractivity contribution in [1.82, 2.24) is 25.3 Å². The monoisotopic (exact) mass is 490 g/mol. The summed E-state index contributed by atoms with van der Waals surface area (Å²) in [6, 6.07) is 16.9. The molecule has 0 unspecified atom stereocenters. The smallest absolute Gasteiger partial charge is 0.249 e. The largest absolute Gasteiger partial charge is 0.354 e. The zero-order chi connectivity index (χ0) is 24.8. The zero-order valence-corrected chi connectivity index (χ0v) is 20.4. The number of hydrogen-bond acceptors (Lipinski definition) is 5. The molecule has 0 spiro atoms. The molecule has 0 aliphatic rings. The number of rotatable bonds is 9. The predicted molar refractivity (Wildman–Crippen MR) is 136 cm³/mol. The van der Waals surface area contributed by atoms with E-state index in [1.807, 2.05) is 24.3 Å². The van der Waals surface area contributed by atoms with E-state index in [1.165, 1.54) is 4.90 Å². The summed E-state index contributed by atoms with van der Waals surface area (Å²) in [6.07, 6.45) is 4.05. The Hall–Kier alpha value is -3.78. The summed E-state index contributed by atoms with van der Waals surface area (Å²) >= 11 is 6.12. The van der Waals surface area contributed by atoms with Crippen LogP contribution in [0.2, 0.25) is 5.02 Å². The Kier molecular flexibility index (Phi) is 7.72. The van der Waals surface area contributed by atoms with Crippen molar-refractivity contribution in [3.63, 3.8) is 0 Å². The Labute approximate surface area is 208 Å². The molecular formula is C26H27ClN6O2. The summed E-state index contributed by atoms with van der Waals surface area (Å²) in [4.78, 5) is 33.0. The molecule has 0 radical (unpaired) electrons. The summed E-state index contributed by atoms with van der Waals surface area (Å²) in [5.74, 6) is -0.156. The fourth-order valence-electron chi connectivity index (χ4n) is 3.82. The Morgan fingerprint density at radius 1 is 1.03 bits per heavy atom. The van der Waals surface area contributed by atoms with Crippen LogP contribution in [0.15, 0.2) is 73.1 Å². The van der Waals surface area contributed by atoms with Crippen LogP contribution < -0.4 is 10.2 Å². The Bertz CT molecular complexity index is 1290. The van der Waals surface area contributed by atoms with Gasteiger partial charge in [-0.1, -0.05) is 42.8 Å². The second-order valence-corrected chi connectivity index (χ2v) is 9.07. The number of hydrogen-bond donors (Lipinski definition) is 1. The molecule has 2 aromatic carbocycles. The van der Waals surface area contributed by atoms with E-state index in [9.17, 15) is 9.59 Å². The van der Waals surface area contributed by atoms with E-state index >= 15 is 0 Å². The summed E-state index contributed by atoms with van der Waals surface area (Å²) in [5, 5.41) is 11.8. The van der Waals surface area contributed by atoms with Gasteiger partial charge < -0.3 is 5.32 Å². The van der Waals surface area contributed by atoms with Crippen LogP contribution in [0.4, 0.5) is 5.69 Å². The number of amides is 2. The minimum absolute atomic E-state index is 0.0933. The van der Waals surface area contributed by atoms with Crippen LogP contribution in [-0.4, -0.2) is 38.3 Å². The highest BCUT2D eigenvalue weighted by Crippen LogP contribution is 2.29. The van der Waals surface area contributed by atoms with E-state index in [0.29, 0.717) is 34.3 Å². The molecule has 4 rings (SSSR count). The first-order chi connectivity index (χ1) is 16.9. The van der Waals surface area contributed by atoms with Gasteiger partial charge in [-0.3, -0.25) is 19.5 Å². The van der Waals surface area contributed by atoms with Gasteiger partial charge in [-0.05, 0) is 66.4 Å². The van der Waals surface area contributed by atoms with Gasteiger partial charge in [0.25, 0.3) is 0 Å². The number of aromatic nitrogens is 4. The summed E-state index contributed by atoms with van der Waals surface area (Å²) in [6.45, 7) is 4.61. The number of fused-ring (bicyclic) bond motifs is 1. The van der Waals surface area contributed by atoms with Crippen molar-refractivity contribution in [3.8, 4) is 0 Å². The van der Waals surface area contributed by atoms with Gasteiger partial charge in [-0.25, -0.2) is 4.68 Å². The third-order valence-corrected chi connectivity index (χ3v) is 5.88. The molecule has 35 heavy (non-hydrogen) atoms. The van der Waals surface area contributed by atoms with Crippen LogP contribution in [0.3, 0.4) is 0 Å². The fourth-order valence-corrected chi connectivity index (χ4v) is 3.95. The summed E-state index contributed by atoms with van der Waals surface area (Å²) in [7, 11) is 0. The summed E-state index contributed by atoms with van der Waals surface area (Å²) in [5.41, 5.74) is 2.62. The lowest BCUT2D eigenvalue weighted by Gasteiger charge is -2.31. The average Bonchev–Trinajstić information content (AvgIpc) is 3.26. The number of nitrogens with zero attached hydrogens (tertiary/aromatic N) is 5. The van der Waals surface area contributed by atoms with Crippen molar-refractivity contribution in [3.05, 3.63) is 83.6 Å². The normalized spacial score (nSPS) is 12.0. The molecular weight excluding hydrogens is 464 g/mol. The standard InChI is InChI=1S/C26H27ClN6O2/c1-18(2)11-16-29-26(35)25(19-12-14-28-15-13-19)33(21-9-7-20(27)8-10-21)24(34)17-32-23-6-4-3-5-22(23)30-31-32/h3-10,12-15,18,25H,11,16-17H2,1-2H3,(H,29,35)/t25-/m0/s1. The Balaban J connectivity index is 1.73. The van der Waals surface area contributed by atoms with Crippen molar-refractivity contribution in [2.45, 2.75) is 32.9 Å². The minimum atomic E-state index is -0.909. The maximum Gasteiger partial charge on any atom is 0.249 e. The number of halogens is 1. The molecule has 9 heteroatoms. The summed E-state index contributed by atoms with van der Waals surface area (Å²) < 4.78 is 1.54. The number of carbonyl (C=O) groups excluding carboxylic acids is 2. The molecule has 0 fully saturated rings. The SMILES string of the molecule is CC(C)CCNC(=O)[C@H](c1ccncc1)N(C(=O)Cn1nnc2ccccc21)c1ccc(Cl)cc1. The van der Waals surface area contributed by atoms with Crippen molar-refractivity contribution >= 4 is 40.1 Å². The van der Waals surface area contributed by atoms with E-state index in [0.717, 1.165) is 11.9 Å². The van der Waals surface area contributed by atoms with E-state index < -0.39 is 6.04 Å². The maximum absolute atomic E-state index is 13.8. The van der Waals surface area contributed by atoms with Crippen LogP contribution in [0.1, 0.15) is 31.9 Å². The quantitative estimate of drug-likeness (QED) is 0.375. The maximum atomic E-state index is 13.8. The minimum Gasteiger partial charge on any atom is -0.354 e. The van der Waals surface area contributed by atoms with Crippen LogP contribution in [-0.2, 0) is 16.1 Å². The molecule has 0 aliphatic carbocycles. The number of para-hydroxylation sites is 1. The second kappa shape index (κ2) is 11.1. The van der Waals surface area contributed by atoms with Gasteiger partial charge in [0.15, 0.2) is 0 Å². The highest BCUT2D eigenvalue weighted by molar-refractivity contribution is 6.30. The lowest BCUT2D eigenvalue weighted by atomic mass is 10.0. The zero-order valence-electron chi connectivity index (χ0n) is 19.6. The van der Waals surface area contributed by atoms with Gasteiger partial charge in [0.05, 0.1) is 5.52 Å². The van der Waals surface area contributed by atoms with Crippen LogP contribution in [0.25, 0.3) is 11.0 Å². The second-order valence-electron chi connectivity index (χ2n) is 8.63. The number of pyridine rings is 1. The molecule has 0 saturated heterocycles. The van der Waals surface area contributed by atoms with E-state index in [1.54, 1.807) is 53.5 Å². The average molecular weight is 491 g/mol. The van der Waals surface area contributed by atoms with Crippen molar-refractivity contribution < 1.29 is 9.59 Å². The first kappa shape index (κ1) is 24.3. The molecule has 2 aromatic heterocycles. The molecule has 1 atom stereocenters. The molecule has 2 heterocycles. The highest BCUT2D eigenvalue weighted by Gasteiger charge is 2.33. The number of nitrogens with one attached hydrogen (secondary N) is 1. The molecule has 2 amide bonds. The molecule has 180 valence electrons. The fraction of sp³-hybridized carbons (Fsp3) is 0.269.